The summed E-state index contributed by atoms with van der Waals surface area (Å²) in [5.41, 5.74) is 0. The van der Waals surface area contributed by atoms with Crippen LogP contribution in [0.2, 0.25) is 0 Å². The van der Waals surface area contributed by atoms with Crippen molar-refractivity contribution in [3.63, 3.8) is 0 Å². The average molecular weight is 847 g/mol. The van der Waals surface area contributed by atoms with E-state index >= 15 is 0 Å². The van der Waals surface area contributed by atoms with Crippen LogP contribution in [0, 0.1) is 0 Å². The number of hydrogen-bond donors (Lipinski definition) is 3. The summed E-state index contributed by atoms with van der Waals surface area (Å²) in [5.74, 6) is -0.198. The molecule has 0 fully saturated rings. The molecule has 0 bridgehead atoms. The van der Waals surface area contributed by atoms with Crippen molar-refractivity contribution < 1.29 is 39.7 Å². The molecular formula is C49H98N2O6P+. The number of likely N-dealkylation sites (N-methyl/N-ethyl adjacent to an activating group) is 1. The van der Waals surface area contributed by atoms with Gasteiger partial charge in [-0.1, -0.05) is 205 Å². The van der Waals surface area contributed by atoms with Crippen molar-refractivity contribution in [2.24, 2.45) is 0 Å². The standard InChI is InChI=1S/C49H97N2O6P/c1-6-8-10-12-14-16-18-20-21-22-23-24-25-26-27-28-29-31-33-35-37-39-41-43-49(53)50-47(46-57-58(54,55)56-45-44-51(3,4)5)48(52)42-40-38-36-34-32-30-19-17-15-13-11-9-7-2/h20-21,40,42,47-48,52H,6-19,22-39,41,43-46H2,1-5H3,(H-,50,53,54,55)/p+1/b21-20-,42-40+/t47-,48+/m0/s1/i1D3,6D2. The Balaban J connectivity index is 4.18. The molecule has 9 heteroatoms. The number of nitrogens with zero attached hydrogens (tertiary/aromatic N) is 1. The molecule has 0 aliphatic rings. The number of carbonyl (C=O) groups is 1. The summed E-state index contributed by atoms with van der Waals surface area (Å²) in [6.07, 6.45) is 41.5. The first-order valence-corrected chi connectivity index (χ1v) is 25.6. The first-order chi connectivity index (χ1) is 29.9. The van der Waals surface area contributed by atoms with Gasteiger partial charge in [0.1, 0.15) is 13.2 Å². The second-order valence-electron chi connectivity index (χ2n) is 17.8. The number of phosphoric ester groups is 1. The van der Waals surface area contributed by atoms with Crippen LogP contribution >= 0.6 is 7.82 Å². The lowest BCUT2D eigenvalue weighted by molar-refractivity contribution is -0.870. The van der Waals surface area contributed by atoms with Gasteiger partial charge in [-0.05, 0) is 44.9 Å². The van der Waals surface area contributed by atoms with Gasteiger partial charge in [-0.2, -0.15) is 0 Å². The van der Waals surface area contributed by atoms with Crippen molar-refractivity contribution in [3.05, 3.63) is 24.3 Å². The minimum atomic E-state index is -4.35. The van der Waals surface area contributed by atoms with Gasteiger partial charge in [0.25, 0.3) is 0 Å². The minimum absolute atomic E-state index is 0.0485. The third-order valence-corrected chi connectivity index (χ3v) is 11.8. The monoisotopic (exact) mass is 847 g/mol. The van der Waals surface area contributed by atoms with Crippen LogP contribution in [0.3, 0.4) is 0 Å². The molecule has 3 N–H and O–H groups in total. The Hall–Kier alpha value is -1.02. The predicted molar refractivity (Wildman–Crippen MR) is 249 cm³/mol. The van der Waals surface area contributed by atoms with Crippen LogP contribution in [0.15, 0.2) is 24.3 Å². The molecule has 8 nitrogen and oxygen atoms in total. The zero-order chi connectivity index (χ0) is 47.1. The smallest absolute Gasteiger partial charge is 0.387 e. The Bertz CT molecular complexity index is 1180. The van der Waals surface area contributed by atoms with E-state index in [9.17, 15) is 19.4 Å². The number of phosphoric acid groups is 1. The number of allylic oxidation sites excluding steroid dienone is 3. The van der Waals surface area contributed by atoms with Gasteiger partial charge >= 0.3 is 7.82 Å². The molecule has 0 heterocycles. The zero-order valence-corrected chi connectivity index (χ0v) is 39.2. The number of hydrogen-bond acceptors (Lipinski definition) is 5. The van der Waals surface area contributed by atoms with Crippen LogP contribution in [-0.4, -0.2) is 73.4 Å². The number of carbonyl (C=O) groups excluding carboxylic acids is 1. The van der Waals surface area contributed by atoms with Gasteiger partial charge in [-0.3, -0.25) is 13.8 Å². The third-order valence-electron chi connectivity index (χ3n) is 10.9. The van der Waals surface area contributed by atoms with Crippen LogP contribution in [0.4, 0.5) is 0 Å². The number of quaternary nitrogens is 1. The summed E-state index contributed by atoms with van der Waals surface area (Å²) in [6, 6.07) is -0.864. The Morgan fingerprint density at radius 3 is 1.52 bits per heavy atom. The summed E-state index contributed by atoms with van der Waals surface area (Å²) in [7, 11) is 1.53. The van der Waals surface area contributed by atoms with Gasteiger partial charge < -0.3 is 19.8 Å². The first-order valence-electron chi connectivity index (χ1n) is 26.6. The summed E-state index contributed by atoms with van der Waals surface area (Å²) in [5, 5.41) is 13.8. The highest BCUT2D eigenvalue weighted by Crippen LogP contribution is 2.43. The van der Waals surface area contributed by atoms with Gasteiger partial charge in [-0.25, -0.2) is 4.57 Å². The number of aliphatic hydroxyl groups excluding tert-OH is 1. The van der Waals surface area contributed by atoms with Crippen molar-refractivity contribution in [2.45, 2.75) is 244 Å². The van der Waals surface area contributed by atoms with E-state index in [0.29, 0.717) is 23.9 Å². The SMILES string of the molecule is [2H]C([2H])([2H])C([2H])([2H])CCCCCC/C=C\CCCCCCCCCCCCCCCC(=O)N[C@@H](COP(=O)(O)OCC[N+](C)(C)C)[C@H](O)/C=C/CCCCCCCCCCCCC. The summed E-state index contributed by atoms with van der Waals surface area (Å²) in [4.78, 5) is 23.2. The third kappa shape index (κ3) is 43.1. The van der Waals surface area contributed by atoms with Gasteiger partial charge in [-0.15, -0.1) is 0 Å². The molecule has 0 radical (unpaired) electrons. The molecule has 1 amide bonds. The van der Waals surface area contributed by atoms with E-state index < -0.39 is 33.2 Å². The molecule has 58 heavy (non-hydrogen) atoms. The molecule has 0 aromatic heterocycles. The van der Waals surface area contributed by atoms with Crippen molar-refractivity contribution in [1.82, 2.24) is 5.32 Å². The molecule has 1 unspecified atom stereocenters. The fourth-order valence-electron chi connectivity index (χ4n) is 7.00. The van der Waals surface area contributed by atoms with Crippen LogP contribution in [0.5, 0.6) is 0 Å². The highest BCUT2D eigenvalue weighted by Gasteiger charge is 2.27. The van der Waals surface area contributed by atoms with Crippen molar-refractivity contribution in [3.8, 4) is 0 Å². The summed E-state index contributed by atoms with van der Waals surface area (Å²) in [6.45, 7) is -0.0444. The molecular weight excluding hydrogens is 744 g/mol. The molecule has 0 saturated heterocycles. The lowest BCUT2D eigenvalue weighted by atomic mass is 10.0. The van der Waals surface area contributed by atoms with Crippen molar-refractivity contribution in [2.75, 3.05) is 40.9 Å². The van der Waals surface area contributed by atoms with Gasteiger partial charge in [0.05, 0.1) is 39.9 Å². The fraction of sp³-hybridized carbons (Fsp3) is 0.898. The van der Waals surface area contributed by atoms with Crippen LogP contribution in [0.25, 0.3) is 0 Å². The topological polar surface area (TPSA) is 105 Å². The molecule has 0 aliphatic carbocycles. The van der Waals surface area contributed by atoms with Crippen molar-refractivity contribution in [1.29, 1.82) is 0 Å². The Kier molecular flexibility index (Phi) is 34.2. The molecule has 3 atom stereocenters. The molecule has 0 spiro atoms. The fourth-order valence-corrected chi connectivity index (χ4v) is 7.74. The molecule has 344 valence electrons. The van der Waals surface area contributed by atoms with Crippen LogP contribution in [0.1, 0.15) is 239 Å². The summed E-state index contributed by atoms with van der Waals surface area (Å²) < 4.78 is 60.7. The van der Waals surface area contributed by atoms with Crippen LogP contribution < -0.4 is 5.32 Å². The van der Waals surface area contributed by atoms with Crippen molar-refractivity contribution >= 4 is 13.7 Å². The van der Waals surface area contributed by atoms with Gasteiger partial charge in [0.2, 0.25) is 5.91 Å². The van der Waals surface area contributed by atoms with E-state index in [2.05, 4.69) is 24.4 Å². The van der Waals surface area contributed by atoms with Gasteiger partial charge in [0.15, 0.2) is 0 Å². The highest BCUT2D eigenvalue weighted by molar-refractivity contribution is 7.47. The quantitative estimate of drug-likeness (QED) is 0.0244. The Morgan fingerprint density at radius 2 is 1.07 bits per heavy atom. The van der Waals surface area contributed by atoms with E-state index in [4.69, 9.17) is 15.9 Å². The van der Waals surface area contributed by atoms with E-state index in [0.717, 1.165) is 70.6 Å². The number of aliphatic hydroxyl groups is 1. The minimum Gasteiger partial charge on any atom is -0.387 e. The maximum Gasteiger partial charge on any atom is 0.472 e. The maximum atomic E-state index is 12.9. The number of amides is 1. The maximum absolute atomic E-state index is 12.9. The van der Waals surface area contributed by atoms with Crippen LogP contribution in [-0.2, 0) is 18.4 Å². The number of rotatable bonds is 45. The average Bonchev–Trinajstić information content (AvgIpc) is 3.20. The number of nitrogens with one attached hydrogen (secondary N) is 1. The lowest BCUT2D eigenvalue weighted by Gasteiger charge is -2.25. The molecule has 0 rings (SSSR count). The van der Waals surface area contributed by atoms with Gasteiger partial charge in [0, 0.05) is 13.3 Å². The Labute approximate surface area is 367 Å². The molecule has 0 aromatic rings. The Morgan fingerprint density at radius 1 is 0.655 bits per heavy atom. The predicted octanol–water partition coefficient (Wildman–Crippen LogP) is 14.1. The normalized spacial score (nSPS) is 16.1. The largest absolute Gasteiger partial charge is 0.472 e. The van der Waals surface area contributed by atoms with E-state index in [1.165, 1.54) is 122 Å². The molecule has 0 aliphatic heterocycles. The van der Waals surface area contributed by atoms with E-state index in [-0.39, 0.29) is 25.5 Å². The summed E-state index contributed by atoms with van der Waals surface area (Å²) >= 11 is 0. The molecule has 0 aromatic carbocycles. The van der Waals surface area contributed by atoms with E-state index in [1.54, 1.807) is 6.08 Å². The second kappa shape index (κ2) is 41.3. The number of unbranched alkanes of at least 4 members (excludes halogenated alkanes) is 28. The van der Waals surface area contributed by atoms with E-state index in [1.807, 2.05) is 27.2 Å². The lowest BCUT2D eigenvalue weighted by Crippen LogP contribution is -2.45. The molecule has 0 saturated carbocycles. The highest BCUT2D eigenvalue weighted by atomic mass is 31.2. The second-order valence-corrected chi connectivity index (χ2v) is 19.2. The zero-order valence-electron chi connectivity index (χ0n) is 43.3. The first kappa shape index (κ1) is 48.0.